The first kappa shape index (κ1) is 40.1. The Kier molecular flexibility index (Phi) is 11.6. The highest BCUT2D eigenvalue weighted by Crippen LogP contribution is 2.50. The zero-order chi connectivity index (χ0) is 39.7. The van der Waals surface area contributed by atoms with E-state index in [9.17, 15) is 24.0 Å². The van der Waals surface area contributed by atoms with Crippen molar-refractivity contribution in [1.82, 2.24) is 0 Å². The van der Waals surface area contributed by atoms with Gasteiger partial charge in [0.05, 0.1) is 54.1 Å². The average molecular weight is 776 g/mol. The number of ether oxygens (including phenoxy) is 2. The van der Waals surface area contributed by atoms with Crippen molar-refractivity contribution in [2.45, 2.75) is 66.3 Å². The number of carbonyl (C=O) groups excluding carboxylic acids is 5. The number of Topliss-reactive ketones (excluding diaryl/α,β-unsaturated/α-hetero) is 1. The number of ketones is 2. The number of methoxy groups -OCH3 is 2. The van der Waals surface area contributed by atoms with Gasteiger partial charge in [0.1, 0.15) is 0 Å². The number of amides is 1. The third-order valence-corrected chi connectivity index (χ3v) is 10.00. The summed E-state index contributed by atoms with van der Waals surface area (Å²) in [6.45, 7) is 9.60. The number of nitrogen functional groups attached to an aromatic ring is 1. The van der Waals surface area contributed by atoms with Crippen molar-refractivity contribution in [2.75, 3.05) is 35.5 Å². The summed E-state index contributed by atoms with van der Waals surface area (Å²) in [5, 5.41) is 7.35. The maximum Gasteiger partial charge on any atom is 0.337 e. The van der Waals surface area contributed by atoms with Gasteiger partial charge in [-0.05, 0) is 77.8 Å². The summed E-state index contributed by atoms with van der Waals surface area (Å²) in [4.78, 5) is 63.6. The molecular formula is C41H44Cl2N4O7. The molecule has 3 aromatic carbocycles. The Morgan fingerprint density at radius 3 is 2.09 bits per heavy atom. The van der Waals surface area contributed by atoms with Crippen LogP contribution in [0.25, 0.3) is 0 Å². The van der Waals surface area contributed by atoms with Gasteiger partial charge in [-0.25, -0.2) is 9.59 Å². The number of esters is 2. The number of nitrogens with zero attached hydrogens (tertiary/aromatic N) is 1. The standard InChI is InChI=1S/C25H24Cl2N2O4.C16H20N2O3/c1-13(30)29-20-8-5-14(24(32)33-4)9-18(20)28-19-11-25(2,3)12-21(31)22(19)23(29)16-7-6-15(26)10-17(16)27;1-16(2)8-11(7-12(19)9-16)18-14-6-10(15(20)21-3)4-5-13(14)17/h5-10,23,28H,11-12H2,1-4H3;4-7,18H,8-9,17H2,1-3H3. The minimum atomic E-state index is -0.747. The van der Waals surface area contributed by atoms with Gasteiger partial charge in [0.15, 0.2) is 11.6 Å². The third kappa shape index (κ3) is 8.80. The summed E-state index contributed by atoms with van der Waals surface area (Å²) in [7, 11) is 2.64. The largest absolute Gasteiger partial charge is 0.465 e. The van der Waals surface area contributed by atoms with Crippen molar-refractivity contribution in [3.8, 4) is 0 Å². The van der Waals surface area contributed by atoms with Crippen LogP contribution < -0.4 is 21.3 Å². The SMILES string of the molecule is COC(=O)c1ccc(N)c(NC2=CC(=O)CC(C)(C)C2)c1.COC(=O)c1ccc2c(c1)NC1=C(C(=O)CC(C)(C)C1)C(c1ccc(Cl)cc1Cl)N2C(C)=O. The monoisotopic (exact) mass is 774 g/mol. The van der Waals surface area contributed by atoms with Crippen LogP contribution >= 0.6 is 23.2 Å². The smallest absolute Gasteiger partial charge is 0.337 e. The number of allylic oxidation sites excluding steroid dienone is 3. The number of nitrogens with one attached hydrogen (secondary N) is 2. The Bertz CT molecular complexity index is 2120. The van der Waals surface area contributed by atoms with Crippen molar-refractivity contribution in [1.29, 1.82) is 0 Å². The first-order valence-corrected chi connectivity index (χ1v) is 18.1. The Morgan fingerprint density at radius 1 is 0.852 bits per heavy atom. The van der Waals surface area contributed by atoms with Gasteiger partial charge in [-0.2, -0.15) is 0 Å². The molecule has 2 aliphatic carbocycles. The fourth-order valence-electron chi connectivity index (χ4n) is 7.16. The predicted octanol–water partition coefficient (Wildman–Crippen LogP) is 8.68. The summed E-state index contributed by atoms with van der Waals surface area (Å²) < 4.78 is 9.56. The Morgan fingerprint density at radius 2 is 1.48 bits per heavy atom. The average Bonchev–Trinajstić information content (AvgIpc) is 3.21. The van der Waals surface area contributed by atoms with Gasteiger partial charge >= 0.3 is 11.9 Å². The Labute approximate surface area is 324 Å². The molecule has 0 aromatic heterocycles. The number of fused-ring (bicyclic) bond motifs is 1. The van der Waals surface area contributed by atoms with Crippen molar-refractivity contribution in [3.63, 3.8) is 0 Å². The van der Waals surface area contributed by atoms with E-state index in [1.165, 1.54) is 21.1 Å². The lowest BCUT2D eigenvalue weighted by Crippen LogP contribution is -2.38. The molecule has 3 aromatic rings. The summed E-state index contributed by atoms with van der Waals surface area (Å²) >= 11 is 12.7. The van der Waals surface area contributed by atoms with Crippen molar-refractivity contribution >= 4 is 75.4 Å². The van der Waals surface area contributed by atoms with Crippen LogP contribution in [0.1, 0.15) is 92.6 Å². The molecule has 1 unspecified atom stereocenters. The van der Waals surface area contributed by atoms with Gasteiger partial charge in [0.25, 0.3) is 0 Å². The minimum absolute atomic E-state index is 0.0583. The summed E-state index contributed by atoms with van der Waals surface area (Å²) in [6.07, 6.45) is 3.82. The number of nitrogens with two attached hydrogens (primary N) is 1. The summed E-state index contributed by atoms with van der Waals surface area (Å²) in [5.41, 5.74) is 11.1. The molecule has 1 aliphatic heterocycles. The van der Waals surface area contributed by atoms with Crippen LogP contribution in [0.15, 0.2) is 77.6 Å². The van der Waals surface area contributed by atoms with E-state index in [0.29, 0.717) is 80.0 Å². The van der Waals surface area contributed by atoms with E-state index in [4.69, 9.17) is 38.4 Å². The first-order valence-electron chi connectivity index (χ1n) is 17.3. The van der Waals surface area contributed by atoms with Crippen LogP contribution in [-0.4, -0.2) is 43.6 Å². The zero-order valence-corrected chi connectivity index (χ0v) is 32.8. The van der Waals surface area contributed by atoms with Crippen molar-refractivity contribution in [2.24, 2.45) is 10.8 Å². The fourth-order valence-corrected chi connectivity index (χ4v) is 7.68. The lowest BCUT2D eigenvalue weighted by Gasteiger charge is -2.37. The predicted molar refractivity (Wildman–Crippen MR) is 211 cm³/mol. The maximum atomic E-state index is 13.5. The van der Waals surface area contributed by atoms with Gasteiger partial charge in [0.2, 0.25) is 5.91 Å². The van der Waals surface area contributed by atoms with Crippen LogP contribution in [-0.2, 0) is 23.9 Å². The Hall–Kier alpha value is -5.13. The van der Waals surface area contributed by atoms with Crippen LogP contribution in [0.3, 0.4) is 0 Å². The van der Waals surface area contributed by atoms with E-state index in [1.54, 1.807) is 65.6 Å². The molecule has 0 radical (unpaired) electrons. The molecule has 0 saturated carbocycles. The first-order chi connectivity index (χ1) is 25.3. The summed E-state index contributed by atoms with van der Waals surface area (Å²) in [5.74, 6) is -1.16. The number of benzene rings is 3. The molecule has 4 N–H and O–H groups in total. The zero-order valence-electron chi connectivity index (χ0n) is 31.3. The van der Waals surface area contributed by atoms with Gasteiger partial charge in [0, 0.05) is 52.9 Å². The molecule has 0 saturated heterocycles. The van der Waals surface area contributed by atoms with E-state index in [2.05, 4.69) is 10.6 Å². The fraction of sp³-hybridized carbons (Fsp3) is 0.341. The van der Waals surface area contributed by atoms with Gasteiger partial charge < -0.3 is 25.8 Å². The molecule has 1 amide bonds. The quantitative estimate of drug-likeness (QED) is 0.169. The number of halogens is 2. The van der Waals surface area contributed by atoms with Crippen LogP contribution in [0, 0.1) is 10.8 Å². The second-order valence-electron chi connectivity index (χ2n) is 15.2. The highest BCUT2D eigenvalue weighted by Gasteiger charge is 2.43. The molecule has 0 spiro atoms. The van der Waals surface area contributed by atoms with Gasteiger partial charge in [-0.1, -0.05) is 57.0 Å². The lowest BCUT2D eigenvalue weighted by atomic mass is 9.73. The maximum absolute atomic E-state index is 13.5. The van der Waals surface area contributed by atoms with E-state index < -0.39 is 18.0 Å². The van der Waals surface area contributed by atoms with Crippen LogP contribution in [0.4, 0.5) is 22.7 Å². The van der Waals surface area contributed by atoms with Crippen molar-refractivity contribution < 1.29 is 33.4 Å². The number of anilines is 4. The Balaban J connectivity index is 0.000000230. The lowest BCUT2D eigenvalue weighted by molar-refractivity contribution is -0.119. The number of rotatable bonds is 5. The molecule has 11 nitrogen and oxygen atoms in total. The molecule has 1 atom stereocenters. The number of hydrogen-bond donors (Lipinski definition) is 3. The van der Waals surface area contributed by atoms with Gasteiger partial charge in [-0.15, -0.1) is 0 Å². The molecule has 6 rings (SSSR count). The molecular weight excluding hydrogens is 731 g/mol. The van der Waals surface area contributed by atoms with E-state index in [0.717, 1.165) is 12.1 Å². The van der Waals surface area contributed by atoms with Crippen LogP contribution in [0.5, 0.6) is 0 Å². The normalized spacial score (nSPS) is 18.4. The molecule has 54 heavy (non-hydrogen) atoms. The number of hydrogen-bond acceptors (Lipinski definition) is 10. The molecule has 284 valence electrons. The molecule has 0 fully saturated rings. The molecule has 0 bridgehead atoms. The molecule has 3 aliphatic rings. The second kappa shape index (κ2) is 15.7. The summed E-state index contributed by atoms with van der Waals surface area (Å²) in [6, 6.07) is 14.1. The van der Waals surface area contributed by atoms with E-state index in [-0.39, 0.29) is 28.3 Å². The highest BCUT2D eigenvalue weighted by molar-refractivity contribution is 6.35. The molecule has 13 heteroatoms. The highest BCUT2D eigenvalue weighted by atomic mass is 35.5. The minimum Gasteiger partial charge on any atom is -0.465 e. The van der Waals surface area contributed by atoms with Crippen LogP contribution in [0.2, 0.25) is 10.0 Å². The number of carbonyl (C=O) groups is 5. The second-order valence-corrected chi connectivity index (χ2v) is 16.1. The third-order valence-electron chi connectivity index (χ3n) is 9.44. The van der Waals surface area contributed by atoms with Crippen molar-refractivity contribution in [3.05, 3.63) is 104 Å². The van der Waals surface area contributed by atoms with E-state index >= 15 is 0 Å². The van der Waals surface area contributed by atoms with Gasteiger partial charge in [-0.3, -0.25) is 19.3 Å². The van der Waals surface area contributed by atoms with E-state index in [1.807, 2.05) is 27.7 Å². The topological polar surface area (TPSA) is 157 Å². The molecule has 1 heterocycles.